The third-order valence-corrected chi connectivity index (χ3v) is 8.41. The maximum Gasteiger partial charge on any atom is 0.239 e. The lowest BCUT2D eigenvalue weighted by atomic mass is 9.97. The zero-order valence-electron chi connectivity index (χ0n) is 26.6. The SMILES string of the molecule is COc1ccc(-c2oc3c(CC=C(C)C)c(O)cc(O)c3c(=O)c2O[C@@H]2O[C@@H](C)[C@H](O)[C@@H](O[C@@H]3O[C@H](CO)[C@@H](O)[C@H](O)[C@H]3O)[C@H]2O)cc1. The Morgan fingerprint density at radius 3 is 2.21 bits per heavy atom. The van der Waals surface area contributed by atoms with Gasteiger partial charge in [0, 0.05) is 17.2 Å². The van der Waals surface area contributed by atoms with E-state index < -0.39 is 84.9 Å². The average molecular weight is 677 g/mol. The fourth-order valence-electron chi connectivity index (χ4n) is 5.62. The molecule has 15 heteroatoms. The predicted molar refractivity (Wildman–Crippen MR) is 167 cm³/mol. The molecule has 3 aromatic rings. The first-order valence-corrected chi connectivity index (χ1v) is 15.2. The monoisotopic (exact) mass is 676 g/mol. The first-order valence-electron chi connectivity index (χ1n) is 15.2. The van der Waals surface area contributed by atoms with E-state index in [9.17, 15) is 45.6 Å². The molecule has 15 nitrogen and oxygen atoms in total. The van der Waals surface area contributed by atoms with Gasteiger partial charge < -0.3 is 69.0 Å². The van der Waals surface area contributed by atoms with E-state index in [1.165, 1.54) is 14.0 Å². The Hall–Kier alpha value is -3.77. The fraction of sp³-hybridized carbons (Fsp3) is 0.485. The molecule has 262 valence electrons. The van der Waals surface area contributed by atoms with Crippen LogP contribution >= 0.6 is 0 Å². The van der Waals surface area contributed by atoms with Crippen LogP contribution in [0.15, 0.2) is 51.2 Å². The number of ether oxygens (including phenoxy) is 5. The fourth-order valence-corrected chi connectivity index (χ4v) is 5.62. The van der Waals surface area contributed by atoms with E-state index in [1.54, 1.807) is 30.3 Å². The van der Waals surface area contributed by atoms with Crippen molar-refractivity contribution in [2.75, 3.05) is 13.7 Å². The number of benzene rings is 2. The van der Waals surface area contributed by atoms with Gasteiger partial charge in [-0.25, -0.2) is 0 Å². The molecule has 5 rings (SSSR count). The maximum absolute atomic E-state index is 14.2. The summed E-state index contributed by atoms with van der Waals surface area (Å²) in [5.74, 6) is -1.07. The quantitative estimate of drug-likeness (QED) is 0.143. The topological polar surface area (TPSA) is 238 Å². The first kappa shape index (κ1) is 35.5. The number of rotatable bonds is 9. The van der Waals surface area contributed by atoms with E-state index >= 15 is 0 Å². The number of allylic oxidation sites excluding steroid dienone is 2. The molecule has 2 fully saturated rings. The van der Waals surface area contributed by atoms with Crippen molar-refractivity contribution in [1.29, 1.82) is 0 Å². The summed E-state index contributed by atoms with van der Waals surface area (Å²) >= 11 is 0. The van der Waals surface area contributed by atoms with E-state index in [2.05, 4.69) is 0 Å². The molecule has 2 aromatic carbocycles. The molecule has 0 aliphatic carbocycles. The summed E-state index contributed by atoms with van der Waals surface area (Å²) in [5.41, 5.74) is 0.479. The molecular formula is C33H40O15. The van der Waals surface area contributed by atoms with Crippen LogP contribution in [0.2, 0.25) is 0 Å². The molecule has 0 saturated carbocycles. The minimum Gasteiger partial charge on any atom is -0.507 e. The number of aliphatic hydroxyl groups is 6. The molecule has 0 spiro atoms. The largest absolute Gasteiger partial charge is 0.507 e. The van der Waals surface area contributed by atoms with Crippen LogP contribution in [0.3, 0.4) is 0 Å². The summed E-state index contributed by atoms with van der Waals surface area (Å²) in [7, 11) is 1.47. The summed E-state index contributed by atoms with van der Waals surface area (Å²) in [4.78, 5) is 14.2. The Balaban J connectivity index is 1.58. The molecule has 0 amide bonds. The number of phenols is 2. The Labute approximate surface area is 274 Å². The lowest BCUT2D eigenvalue weighted by Gasteiger charge is -2.45. The molecule has 3 heterocycles. The Bertz CT molecular complexity index is 1680. The number of phenolic OH excluding ortho intramolecular Hbond substituents is 2. The van der Waals surface area contributed by atoms with E-state index in [4.69, 9.17) is 28.1 Å². The van der Waals surface area contributed by atoms with Crippen LogP contribution in [0, 0.1) is 0 Å². The average Bonchev–Trinajstić information content (AvgIpc) is 3.05. The van der Waals surface area contributed by atoms with Crippen LogP contribution in [0.5, 0.6) is 23.0 Å². The molecule has 0 unspecified atom stereocenters. The van der Waals surface area contributed by atoms with Crippen molar-refractivity contribution >= 4 is 11.0 Å². The molecule has 0 radical (unpaired) electrons. The Morgan fingerprint density at radius 2 is 1.58 bits per heavy atom. The Kier molecular flexibility index (Phi) is 10.6. The highest BCUT2D eigenvalue weighted by atomic mass is 16.7. The first-order chi connectivity index (χ1) is 22.8. The summed E-state index contributed by atoms with van der Waals surface area (Å²) < 4.78 is 34.3. The minimum atomic E-state index is -1.87. The van der Waals surface area contributed by atoms with Crippen LogP contribution in [0.4, 0.5) is 0 Å². The van der Waals surface area contributed by atoms with Gasteiger partial charge in [-0.1, -0.05) is 11.6 Å². The molecule has 2 saturated heterocycles. The standard InChI is InChI=1S/C33H40O15/c1-13(2)5-10-17-18(35)11-19(36)21-24(39)31(28(46-29(17)21)15-6-8-16(43-4)9-7-15)48-33-27(42)30(22(37)14(3)44-33)47-32-26(41)25(40)23(38)20(12-34)45-32/h5-9,11,14,20,22-23,25-27,30,32-38,40-42H,10,12H2,1-4H3/t14-,20+,22-,23+,25-,26+,27+,30+,32-,33-/m0/s1. The zero-order valence-corrected chi connectivity index (χ0v) is 26.6. The summed E-state index contributed by atoms with van der Waals surface area (Å²) in [6.07, 6.45) is -14.2. The molecule has 8 N–H and O–H groups in total. The van der Waals surface area contributed by atoms with Crippen molar-refractivity contribution in [1.82, 2.24) is 0 Å². The molecule has 0 bridgehead atoms. The summed E-state index contributed by atoms with van der Waals surface area (Å²) in [5, 5.41) is 83.8. The molecule has 10 atom stereocenters. The molecule has 2 aliphatic rings. The van der Waals surface area contributed by atoms with Crippen LogP contribution in [-0.4, -0.2) is 116 Å². The van der Waals surface area contributed by atoms with Crippen molar-refractivity contribution in [2.45, 2.75) is 88.6 Å². The van der Waals surface area contributed by atoms with Gasteiger partial charge in [-0.15, -0.1) is 0 Å². The van der Waals surface area contributed by atoms with Crippen LogP contribution in [0.1, 0.15) is 26.3 Å². The number of fused-ring (bicyclic) bond motifs is 1. The number of aliphatic hydroxyl groups excluding tert-OH is 6. The van der Waals surface area contributed by atoms with Gasteiger partial charge in [-0.3, -0.25) is 4.79 Å². The zero-order chi connectivity index (χ0) is 35.0. The second-order valence-electron chi connectivity index (χ2n) is 12.0. The van der Waals surface area contributed by atoms with Crippen LogP contribution in [-0.2, 0) is 20.6 Å². The van der Waals surface area contributed by atoms with Gasteiger partial charge in [0.2, 0.25) is 17.5 Å². The van der Waals surface area contributed by atoms with E-state index in [0.717, 1.165) is 11.6 Å². The van der Waals surface area contributed by atoms with Gasteiger partial charge >= 0.3 is 0 Å². The highest BCUT2D eigenvalue weighted by molar-refractivity contribution is 5.91. The van der Waals surface area contributed by atoms with Crippen molar-refractivity contribution in [3.8, 4) is 34.3 Å². The van der Waals surface area contributed by atoms with Crippen molar-refractivity contribution < 1.29 is 69.0 Å². The van der Waals surface area contributed by atoms with Crippen LogP contribution in [0.25, 0.3) is 22.3 Å². The number of aromatic hydroxyl groups is 2. The Morgan fingerprint density at radius 1 is 0.896 bits per heavy atom. The molecule has 48 heavy (non-hydrogen) atoms. The second kappa shape index (κ2) is 14.4. The molecular weight excluding hydrogens is 636 g/mol. The smallest absolute Gasteiger partial charge is 0.239 e. The molecule has 1 aromatic heterocycles. The minimum absolute atomic E-state index is 0.106. The summed E-state index contributed by atoms with van der Waals surface area (Å²) in [6, 6.07) is 7.36. The van der Waals surface area contributed by atoms with E-state index in [1.807, 2.05) is 13.8 Å². The van der Waals surface area contributed by atoms with Gasteiger partial charge in [-0.2, -0.15) is 0 Å². The highest BCUT2D eigenvalue weighted by Gasteiger charge is 2.51. The molecule has 2 aliphatic heterocycles. The van der Waals surface area contributed by atoms with Crippen molar-refractivity contribution in [3.63, 3.8) is 0 Å². The maximum atomic E-state index is 14.2. The number of hydrogen-bond acceptors (Lipinski definition) is 15. The van der Waals surface area contributed by atoms with E-state index in [0.29, 0.717) is 11.3 Å². The third kappa shape index (κ3) is 6.74. The van der Waals surface area contributed by atoms with Gasteiger partial charge in [0.15, 0.2) is 12.1 Å². The van der Waals surface area contributed by atoms with Crippen molar-refractivity contribution in [2.24, 2.45) is 0 Å². The van der Waals surface area contributed by atoms with Gasteiger partial charge in [0.05, 0.1) is 19.8 Å². The third-order valence-electron chi connectivity index (χ3n) is 8.41. The normalized spacial score (nSPS) is 30.6. The lowest BCUT2D eigenvalue weighted by molar-refractivity contribution is -0.350. The lowest BCUT2D eigenvalue weighted by Crippen LogP contribution is -2.64. The van der Waals surface area contributed by atoms with Crippen LogP contribution < -0.4 is 14.9 Å². The summed E-state index contributed by atoms with van der Waals surface area (Å²) in [6.45, 7) is 4.39. The second-order valence-corrected chi connectivity index (χ2v) is 12.0. The number of methoxy groups -OCH3 is 1. The van der Waals surface area contributed by atoms with Gasteiger partial charge in [-0.05, 0) is 51.5 Å². The highest BCUT2D eigenvalue weighted by Crippen LogP contribution is 2.40. The predicted octanol–water partition coefficient (Wildman–Crippen LogP) is 0.419. The van der Waals surface area contributed by atoms with Gasteiger partial charge in [0.25, 0.3) is 0 Å². The number of hydrogen-bond donors (Lipinski definition) is 8. The van der Waals surface area contributed by atoms with Gasteiger partial charge in [0.1, 0.15) is 70.9 Å². The van der Waals surface area contributed by atoms with E-state index in [-0.39, 0.29) is 34.5 Å². The van der Waals surface area contributed by atoms with Crippen molar-refractivity contribution in [3.05, 3.63) is 57.8 Å².